The molecule has 6 atom stereocenters. The van der Waals surface area contributed by atoms with Gasteiger partial charge >= 0.3 is 5.97 Å². The first-order chi connectivity index (χ1) is 13.8. The molecule has 4 aliphatic carbocycles. The number of hydrogen-bond donors (Lipinski definition) is 0. The molecule has 0 spiro atoms. The molecule has 0 radical (unpaired) electrons. The van der Waals surface area contributed by atoms with Crippen molar-refractivity contribution in [3.05, 3.63) is 42.0 Å². The van der Waals surface area contributed by atoms with E-state index in [-0.39, 0.29) is 47.4 Å². The summed E-state index contributed by atoms with van der Waals surface area (Å²) in [5.74, 6) is 0.381. The van der Waals surface area contributed by atoms with Crippen molar-refractivity contribution in [2.75, 3.05) is 6.54 Å². The van der Waals surface area contributed by atoms with Crippen LogP contribution in [0, 0.1) is 35.5 Å². The van der Waals surface area contributed by atoms with Gasteiger partial charge in [0.15, 0.2) is 0 Å². The van der Waals surface area contributed by atoms with Gasteiger partial charge in [-0.25, -0.2) is 4.79 Å². The fourth-order valence-corrected chi connectivity index (χ4v) is 5.65. The summed E-state index contributed by atoms with van der Waals surface area (Å²) in [6.07, 6.45) is 6.40. The van der Waals surface area contributed by atoms with Crippen LogP contribution in [0.1, 0.15) is 39.2 Å². The minimum Gasteiger partial charge on any atom is -0.425 e. The monoisotopic (exact) mass is 393 g/mol. The Hall–Kier alpha value is -2.43. The largest absolute Gasteiger partial charge is 0.425 e. The normalized spacial score (nSPS) is 34.2. The van der Waals surface area contributed by atoms with Gasteiger partial charge in [0.25, 0.3) is 0 Å². The van der Waals surface area contributed by atoms with Crippen LogP contribution in [0.3, 0.4) is 0 Å². The van der Waals surface area contributed by atoms with Crippen LogP contribution in [0.25, 0.3) is 0 Å². The predicted octanol–water partition coefficient (Wildman–Crippen LogP) is 3.33. The summed E-state index contributed by atoms with van der Waals surface area (Å²) in [4.78, 5) is 39.5. The number of carbonyl (C=O) groups excluding carboxylic acids is 3. The fourth-order valence-electron chi connectivity index (χ4n) is 5.65. The van der Waals surface area contributed by atoms with Crippen LogP contribution >= 0.6 is 0 Å². The third-order valence-electron chi connectivity index (χ3n) is 7.79. The lowest BCUT2D eigenvalue weighted by Gasteiger charge is -2.37. The molecule has 29 heavy (non-hydrogen) atoms. The molecule has 0 aromatic heterocycles. The van der Waals surface area contributed by atoms with Crippen LogP contribution in [0.15, 0.2) is 36.4 Å². The maximum atomic E-state index is 12.9. The number of ether oxygens (including phenoxy) is 1. The number of allylic oxidation sites excluding steroid dienone is 2. The molecule has 3 fully saturated rings. The number of amides is 2. The van der Waals surface area contributed by atoms with Crippen LogP contribution in [0.5, 0.6) is 5.75 Å². The number of hydrogen-bond acceptors (Lipinski definition) is 4. The van der Waals surface area contributed by atoms with Crippen LogP contribution in [-0.4, -0.2) is 29.2 Å². The van der Waals surface area contributed by atoms with E-state index in [9.17, 15) is 14.4 Å². The van der Waals surface area contributed by atoms with Gasteiger partial charge in [-0.15, -0.1) is 0 Å². The van der Waals surface area contributed by atoms with E-state index < -0.39 is 5.97 Å². The molecule has 2 amide bonds. The van der Waals surface area contributed by atoms with Crippen LogP contribution in [0.4, 0.5) is 0 Å². The first kappa shape index (κ1) is 18.6. The van der Waals surface area contributed by atoms with Crippen molar-refractivity contribution in [3.8, 4) is 5.75 Å². The molecule has 1 saturated heterocycles. The molecular weight excluding hydrogens is 366 g/mol. The molecule has 5 nitrogen and oxygen atoms in total. The molecule has 0 unspecified atom stereocenters. The van der Waals surface area contributed by atoms with Crippen molar-refractivity contribution < 1.29 is 19.1 Å². The molecular formula is C24H27NO4. The molecule has 1 heterocycles. The molecule has 2 bridgehead atoms. The van der Waals surface area contributed by atoms with E-state index >= 15 is 0 Å². The Morgan fingerprint density at radius 3 is 2.10 bits per heavy atom. The summed E-state index contributed by atoms with van der Waals surface area (Å²) >= 11 is 0. The third-order valence-corrected chi connectivity index (χ3v) is 7.79. The van der Waals surface area contributed by atoms with Crippen molar-refractivity contribution in [1.82, 2.24) is 4.90 Å². The van der Waals surface area contributed by atoms with Crippen molar-refractivity contribution >= 4 is 17.8 Å². The first-order valence-corrected chi connectivity index (χ1v) is 10.7. The fraction of sp³-hybridized carbons (Fsp3) is 0.542. The van der Waals surface area contributed by atoms with Crippen LogP contribution < -0.4 is 4.74 Å². The lowest BCUT2D eigenvalue weighted by molar-refractivity contribution is -0.148. The number of carbonyl (C=O) groups is 3. The summed E-state index contributed by atoms with van der Waals surface area (Å²) in [5, 5.41) is 0. The maximum Gasteiger partial charge on any atom is 0.331 e. The van der Waals surface area contributed by atoms with Gasteiger partial charge < -0.3 is 4.74 Å². The molecule has 6 rings (SSSR count). The molecule has 152 valence electrons. The smallest absolute Gasteiger partial charge is 0.331 e. The van der Waals surface area contributed by atoms with Crippen molar-refractivity contribution in [2.24, 2.45) is 35.5 Å². The minimum atomic E-state index is -0.571. The zero-order chi connectivity index (χ0) is 20.5. The second-order valence-electron chi connectivity index (χ2n) is 9.65. The average Bonchev–Trinajstić information content (AvgIpc) is 3.49. The van der Waals surface area contributed by atoms with Crippen molar-refractivity contribution in [1.29, 1.82) is 0 Å². The zero-order valence-corrected chi connectivity index (χ0v) is 17.1. The van der Waals surface area contributed by atoms with Crippen molar-refractivity contribution in [2.45, 2.75) is 39.0 Å². The van der Waals surface area contributed by atoms with E-state index in [1.807, 2.05) is 12.1 Å². The Bertz CT molecular complexity index is 879. The highest BCUT2D eigenvalue weighted by Gasteiger charge is 2.67. The molecule has 5 aliphatic rings. The predicted molar refractivity (Wildman–Crippen MR) is 107 cm³/mol. The van der Waals surface area contributed by atoms with Crippen molar-refractivity contribution in [3.63, 3.8) is 0 Å². The van der Waals surface area contributed by atoms with E-state index in [1.54, 1.807) is 12.1 Å². The summed E-state index contributed by atoms with van der Waals surface area (Å²) in [6.45, 7) is 6.18. The van der Waals surface area contributed by atoms with Gasteiger partial charge in [-0.2, -0.15) is 0 Å². The number of likely N-dealkylation sites (tertiary alicyclic amines) is 1. The zero-order valence-electron chi connectivity index (χ0n) is 17.1. The Kier molecular flexibility index (Phi) is 4.03. The molecule has 1 aromatic rings. The van der Waals surface area contributed by atoms with Gasteiger partial charge in [-0.3, -0.25) is 14.5 Å². The minimum absolute atomic E-state index is 0.0569. The van der Waals surface area contributed by atoms with Gasteiger partial charge in [0.2, 0.25) is 11.8 Å². The molecule has 1 aromatic carbocycles. The lowest BCUT2D eigenvalue weighted by Crippen LogP contribution is -2.40. The lowest BCUT2D eigenvalue weighted by atomic mass is 9.63. The number of imide groups is 1. The van der Waals surface area contributed by atoms with E-state index in [2.05, 4.69) is 32.9 Å². The van der Waals surface area contributed by atoms with E-state index in [1.165, 1.54) is 5.56 Å². The topological polar surface area (TPSA) is 63.7 Å². The number of nitrogens with zero attached hydrogens (tertiary/aromatic N) is 1. The highest BCUT2D eigenvalue weighted by Crippen LogP contribution is 2.65. The molecule has 2 saturated carbocycles. The summed E-state index contributed by atoms with van der Waals surface area (Å²) < 4.78 is 5.43. The maximum absolute atomic E-state index is 12.9. The van der Waals surface area contributed by atoms with E-state index in [4.69, 9.17) is 4.74 Å². The third kappa shape index (κ3) is 2.77. The molecule has 5 heteroatoms. The Morgan fingerprint density at radius 2 is 1.59 bits per heavy atom. The number of rotatable bonds is 5. The van der Waals surface area contributed by atoms with Crippen LogP contribution in [0.2, 0.25) is 0 Å². The quantitative estimate of drug-likeness (QED) is 0.333. The number of benzene rings is 1. The second kappa shape index (κ2) is 6.28. The highest BCUT2D eigenvalue weighted by molar-refractivity contribution is 6.08. The van der Waals surface area contributed by atoms with Gasteiger partial charge in [-0.05, 0) is 59.6 Å². The van der Waals surface area contributed by atoms with Gasteiger partial charge in [0.05, 0.1) is 11.8 Å². The SMILES string of the molecule is CCC(C)(C)c1ccc(OC(=O)CN2C(=O)[C@H]3[C@@H]4C=C[C@H]([C@@H]5C[C@H]45)[C@@H]3C2=O)cc1. The van der Waals surface area contributed by atoms with E-state index in [0.29, 0.717) is 17.6 Å². The Balaban J connectivity index is 1.26. The van der Waals surface area contributed by atoms with Gasteiger partial charge in [0.1, 0.15) is 12.3 Å². The summed E-state index contributed by atoms with van der Waals surface area (Å²) in [5.41, 5.74) is 1.23. The standard InChI is InChI=1S/C24H27NO4/c1-4-24(2,3)13-5-7-14(8-6-13)29-19(26)12-25-22(27)20-15-9-10-16(18-11-17(15)18)21(20)23(25)28/h5-10,15-18,20-21H,4,11-12H2,1-3H3/t15-,16-,17-,18+,20+,21+/m1/s1. The summed E-state index contributed by atoms with van der Waals surface area (Å²) in [7, 11) is 0. The number of esters is 1. The van der Waals surface area contributed by atoms with Gasteiger partial charge in [0, 0.05) is 0 Å². The second-order valence-corrected chi connectivity index (χ2v) is 9.65. The van der Waals surface area contributed by atoms with E-state index in [0.717, 1.165) is 17.7 Å². The first-order valence-electron chi connectivity index (χ1n) is 10.7. The Labute approximate surface area is 171 Å². The molecule has 0 N–H and O–H groups in total. The van der Waals surface area contributed by atoms with Gasteiger partial charge in [-0.1, -0.05) is 45.1 Å². The Morgan fingerprint density at radius 1 is 1.03 bits per heavy atom. The molecule has 1 aliphatic heterocycles. The summed E-state index contributed by atoms with van der Waals surface area (Å²) in [6, 6.07) is 7.47. The highest BCUT2D eigenvalue weighted by atomic mass is 16.5. The van der Waals surface area contributed by atoms with Crippen LogP contribution in [-0.2, 0) is 19.8 Å². The average molecular weight is 393 g/mol.